The van der Waals surface area contributed by atoms with Gasteiger partial charge in [-0.15, -0.1) is 0 Å². The Kier molecular flexibility index (Phi) is 5.26. The maximum atomic E-state index is 13.7. The van der Waals surface area contributed by atoms with Crippen LogP contribution in [0.4, 0.5) is 11.4 Å². The van der Waals surface area contributed by atoms with E-state index in [1.807, 2.05) is 84.9 Å². The fourth-order valence-corrected chi connectivity index (χ4v) is 4.12. The van der Waals surface area contributed by atoms with Crippen molar-refractivity contribution in [1.82, 2.24) is 0 Å². The zero-order valence-electron chi connectivity index (χ0n) is 17.5. The molecule has 32 heavy (non-hydrogen) atoms. The number of hydrogen-bond acceptors (Lipinski definition) is 4. The number of benzene rings is 4. The molecular formula is C28H22N2O2. The molecule has 0 amide bonds. The number of fused-ring (bicyclic) bond motifs is 2. The molecular weight excluding hydrogens is 396 g/mol. The fraction of sp³-hybridized carbons (Fsp3) is 0.0714. The Balaban J connectivity index is 1.49. The Morgan fingerprint density at radius 3 is 1.34 bits per heavy atom. The summed E-state index contributed by atoms with van der Waals surface area (Å²) in [5, 5.41) is 6.71. The highest BCUT2D eigenvalue weighted by Crippen LogP contribution is 2.35. The predicted molar refractivity (Wildman–Crippen MR) is 127 cm³/mol. The zero-order chi connectivity index (χ0) is 21.9. The van der Waals surface area contributed by atoms with Gasteiger partial charge in [0, 0.05) is 35.6 Å². The van der Waals surface area contributed by atoms with Crippen LogP contribution in [0.3, 0.4) is 0 Å². The predicted octanol–water partition coefficient (Wildman–Crippen LogP) is 5.69. The first-order chi connectivity index (χ1) is 15.7. The lowest BCUT2D eigenvalue weighted by molar-refractivity contribution is 0.0980. The smallest absolute Gasteiger partial charge is 0.198 e. The number of rotatable bonds is 6. The van der Waals surface area contributed by atoms with Crippen LogP contribution in [-0.2, 0) is 13.1 Å². The highest BCUT2D eigenvalue weighted by atomic mass is 16.1. The van der Waals surface area contributed by atoms with Crippen LogP contribution in [0, 0.1) is 0 Å². The number of carbonyl (C=O) groups is 2. The van der Waals surface area contributed by atoms with E-state index in [-0.39, 0.29) is 11.6 Å². The highest BCUT2D eigenvalue weighted by Gasteiger charge is 2.33. The van der Waals surface area contributed by atoms with E-state index in [1.165, 1.54) is 0 Å². The van der Waals surface area contributed by atoms with E-state index < -0.39 is 0 Å². The Morgan fingerprint density at radius 1 is 0.469 bits per heavy atom. The summed E-state index contributed by atoms with van der Waals surface area (Å²) >= 11 is 0. The van der Waals surface area contributed by atoms with Gasteiger partial charge in [-0.1, -0.05) is 84.9 Å². The minimum atomic E-state index is -0.137. The third-order valence-electron chi connectivity index (χ3n) is 5.72. The van der Waals surface area contributed by atoms with Crippen molar-refractivity contribution in [2.75, 3.05) is 10.6 Å². The van der Waals surface area contributed by atoms with Crippen molar-refractivity contribution in [3.8, 4) is 0 Å². The standard InChI is InChI=1S/C28H22N2O2/c31-27-21-13-7-15-23(29-17-19-9-3-1-4-10-19)25(21)28(32)26-22(27)14-8-16-24(26)30-18-20-11-5-2-6-12-20/h1-16,29-30H,17-18H2. The first-order valence-corrected chi connectivity index (χ1v) is 10.6. The van der Waals surface area contributed by atoms with Crippen LogP contribution >= 0.6 is 0 Å². The topological polar surface area (TPSA) is 58.2 Å². The van der Waals surface area contributed by atoms with Crippen LogP contribution in [0.2, 0.25) is 0 Å². The molecule has 4 nitrogen and oxygen atoms in total. The first-order valence-electron chi connectivity index (χ1n) is 10.6. The van der Waals surface area contributed by atoms with E-state index >= 15 is 0 Å². The number of anilines is 2. The summed E-state index contributed by atoms with van der Waals surface area (Å²) in [6, 6.07) is 30.8. The van der Waals surface area contributed by atoms with Gasteiger partial charge in [-0.25, -0.2) is 0 Å². The monoisotopic (exact) mass is 418 g/mol. The number of ketones is 2. The third kappa shape index (κ3) is 3.67. The molecule has 0 radical (unpaired) electrons. The van der Waals surface area contributed by atoms with Gasteiger partial charge in [0.15, 0.2) is 11.6 Å². The van der Waals surface area contributed by atoms with Gasteiger partial charge < -0.3 is 10.6 Å². The van der Waals surface area contributed by atoms with Crippen molar-refractivity contribution in [2.24, 2.45) is 0 Å². The van der Waals surface area contributed by atoms with Crippen LogP contribution in [0.15, 0.2) is 97.1 Å². The minimum Gasteiger partial charge on any atom is -0.380 e. The van der Waals surface area contributed by atoms with Gasteiger partial charge in [0.1, 0.15) is 0 Å². The first kappa shape index (κ1) is 19.8. The molecule has 2 N–H and O–H groups in total. The molecule has 0 spiro atoms. The summed E-state index contributed by atoms with van der Waals surface area (Å²) in [4.78, 5) is 27.0. The second-order valence-electron chi connectivity index (χ2n) is 7.79. The van der Waals surface area contributed by atoms with Crippen LogP contribution < -0.4 is 10.6 Å². The lowest BCUT2D eigenvalue weighted by Gasteiger charge is -2.23. The SMILES string of the molecule is O=C1c2cccc(NCc3ccccc3)c2C(=O)c2c(NCc3ccccc3)cccc21. The molecule has 1 aliphatic rings. The molecule has 5 rings (SSSR count). The molecule has 4 aromatic rings. The van der Waals surface area contributed by atoms with Crippen molar-refractivity contribution in [2.45, 2.75) is 13.1 Å². The second kappa shape index (κ2) is 8.52. The third-order valence-corrected chi connectivity index (χ3v) is 5.72. The average molecular weight is 418 g/mol. The Morgan fingerprint density at radius 2 is 0.906 bits per heavy atom. The molecule has 156 valence electrons. The summed E-state index contributed by atoms with van der Waals surface area (Å²) < 4.78 is 0. The summed E-state index contributed by atoms with van der Waals surface area (Å²) in [6.45, 7) is 1.14. The fourth-order valence-electron chi connectivity index (χ4n) is 4.12. The zero-order valence-corrected chi connectivity index (χ0v) is 17.5. The molecule has 0 bridgehead atoms. The number of hydrogen-bond donors (Lipinski definition) is 2. The second-order valence-corrected chi connectivity index (χ2v) is 7.79. The van der Waals surface area contributed by atoms with E-state index in [2.05, 4.69) is 10.6 Å². The largest absolute Gasteiger partial charge is 0.380 e. The summed E-state index contributed by atoms with van der Waals surface area (Å²) in [5.74, 6) is -0.261. The molecule has 4 aromatic carbocycles. The molecule has 1 aliphatic carbocycles. The van der Waals surface area contributed by atoms with E-state index in [0.717, 1.165) is 11.1 Å². The van der Waals surface area contributed by atoms with Crippen molar-refractivity contribution >= 4 is 22.9 Å². The van der Waals surface area contributed by atoms with Gasteiger partial charge in [0.2, 0.25) is 0 Å². The van der Waals surface area contributed by atoms with Crippen LogP contribution in [-0.4, -0.2) is 11.6 Å². The Hall–Kier alpha value is -4.18. The number of carbonyl (C=O) groups excluding carboxylic acids is 2. The molecule has 0 fully saturated rings. The Bertz CT molecular complexity index is 1200. The van der Waals surface area contributed by atoms with Crippen LogP contribution in [0.1, 0.15) is 43.0 Å². The molecule has 0 heterocycles. The van der Waals surface area contributed by atoms with Gasteiger partial charge in [-0.2, -0.15) is 0 Å². The minimum absolute atomic E-state index is 0.124. The van der Waals surface area contributed by atoms with Gasteiger partial charge in [0.25, 0.3) is 0 Å². The molecule has 0 saturated carbocycles. The maximum Gasteiger partial charge on any atom is 0.198 e. The average Bonchev–Trinajstić information content (AvgIpc) is 2.85. The van der Waals surface area contributed by atoms with Gasteiger partial charge in [-0.3, -0.25) is 9.59 Å². The Labute approximate surface area is 186 Å². The maximum absolute atomic E-state index is 13.7. The summed E-state index contributed by atoms with van der Waals surface area (Å²) in [7, 11) is 0. The van der Waals surface area contributed by atoms with Crippen molar-refractivity contribution in [3.63, 3.8) is 0 Å². The van der Waals surface area contributed by atoms with E-state index in [9.17, 15) is 9.59 Å². The quantitative estimate of drug-likeness (QED) is 0.372. The van der Waals surface area contributed by atoms with Crippen molar-refractivity contribution < 1.29 is 9.59 Å². The highest BCUT2D eigenvalue weighted by molar-refractivity contribution is 6.31. The van der Waals surface area contributed by atoms with Crippen LogP contribution in [0.25, 0.3) is 0 Å². The molecule has 0 aromatic heterocycles. The lowest BCUT2D eigenvalue weighted by atomic mass is 9.82. The normalized spacial score (nSPS) is 12.1. The van der Waals surface area contributed by atoms with Crippen LogP contribution in [0.5, 0.6) is 0 Å². The van der Waals surface area contributed by atoms with Gasteiger partial charge >= 0.3 is 0 Å². The van der Waals surface area contributed by atoms with Gasteiger partial charge in [-0.05, 0) is 23.3 Å². The van der Waals surface area contributed by atoms with E-state index in [0.29, 0.717) is 46.7 Å². The molecule has 0 aliphatic heterocycles. The molecule has 0 atom stereocenters. The van der Waals surface area contributed by atoms with E-state index in [4.69, 9.17) is 0 Å². The summed E-state index contributed by atoms with van der Waals surface area (Å²) in [6.07, 6.45) is 0. The van der Waals surface area contributed by atoms with Crippen molar-refractivity contribution in [1.29, 1.82) is 0 Å². The summed E-state index contributed by atoms with van der Waals surface area (Å²) in [5.41, 5.74) is 5.32. The number of nitrogens with one attached hydrogen (secondary N) is 2. The van der Waals surface area contributed by atoms with Crippen molar-refractivity contribution in [3.05, 3.63) is 130 Å². The molecule has 0 saturated heterocycles. The van der Waals surface area contributed by atoms with E-state index in [1.54, 1.807) is 12.1 Å². The lowest BCUT2D eigenvalue weighted by Crippen LogP contribution is -2.24. The molecule has 4 heteroatoms. The van der Waals surface area contributed by atoms with Gasteiger partial charge in [0.05, 0.1) is 11.1 Å². The molecule has 0 unspecified atom stereocenters.